The van der Waals surface area contributed by atoms with Crippen LogP contribution in [0.3, 0.4) is 0 Å². The summed E-state index contributed by atoms with van der Waals surface area (Å²) in [6.45, 7) is 6.11. The second-order valence-electron chi connectivity index (χ2n) is 4.82. The minimum absolute atomic E-state index is 0.196. The molecule has 1 N–H and O–H groups in total. The molecule has 1 unspecified atom stereocenters. The number of nitrogens with zero attached hydrogens (tertiary/aromatic N) is 3. The first-order valence-electron chi connectivity index (χ1n) is 7.09. The fourth-order valence-corrected chi connectivity index (χ4v) is 2.23. The van der Waals surface area contributed by atoms with Crippen molar-refractivity contribution >= 4 is 11.6 Å². The summed E-state index contributed by atoms with van der Waals surface area (Å²) in [7, 11) is 0. The van der Waals surface area contributed by atoms with E-state index in [9.17, 15) is 0 Å². The Balaban J connectivity index is 2.12. The maximum Gasteiger partial charge on any atom is 0.0589 e. The summed E-state index contributed by atoms with van der Waals surface area (Å²) in [4.78, 5) is 4.43. The number of nitrogens with one attached hydrogen (secondary N) is 1. The highest BCUT2D eigenvalue weighted by Crippen LogP contribution is 2.18. The van der Waals surface area contributed by atoms with Gasteiger partial charge >= 0.3 is 0 Å². The van der Waals surface area contributed by atoms with E-state index < -0.39 is 0 Å². The molecule has 0 radical (unpaired) electrons. The van der Waals surface area contributed by atoms with E-state index in [1.807, 2.05) is 23.0 Å². The van der Waals surface area contributed by atoms with Crippen molar-refractivity contribution in [2.75, 3.05) is 6.54 Å². The number of aromatic nitrogens is 3. The molecule has 0 saturated heterocycles. The molecular weight excluding hydrogens is 272 g/mol. The van der Waals surface area contributed by atoms with Gasteiger partial charge in [0.25, 0.3) is 0 Å². The van der Waals surface area contributed by atoms with Gasteiger partial charge in [-0.15, -0.1) is 0 Å². The Morgan fingerprint density at radius 2 is 2.15 bits per heavy atom. The zero-order chi connectivity index (χ0) is 14.4. The normalized spacial score (nSPS) is 12.6. The van der Waals surface area contributed by atoms with Crippen LogP contribution in [0.15, 0.2) is 30.7 Å². The average Bonchev–Trinajstić information content (AvgIpc) is 2.92. The first-order chi connectivity index (χ1) is 9.72. The average molecular weight is 293 g/mol. The van der Waals surface area contributed by atoms with Gasteiger partial charge in [0, 0.05) is 18.9 Å². The molecule has 0 fully saturated rings. The maximum absolute atomic E-state index is 5.91. The SMILES string of the molecule is CCCNC(Cc1cnn(CC)c1)c1ccc(Cl)cn1. The topological polar surface area (TPSA) is 42.7 Å². The number of halogens is 1. The third-order valence-electron chi connectivity index (χ3n) is 3.20. The number of hydrogen-bond acceptors (Lipinski definition) is 3. The molecule has 2 aromatic rings. The molecule has 1 atom stereocenters. The van der Waals surface area contributed by atoms with E-state index in [0.717, 1.165) is 31.6 Å². The van der Waals surface area contributed by atoms with Crippen LogP contribution < -0.4 is 5.32 Å². The number of hydrogen-bond donors (Lipinski definition) is 1. The molecule has 2 aromatic heterocycles. The maximum atomic E-state index is 5.91. The lowest BCUT2D eigenvalue weighted by Crippen LogP contribution is -2.24. The third-order valence-corrected chi connectivity index (χ3v) is 3.42. The van der Waals surface area contributed by atoms with E-state index in [2.05, 4.69) is 35.4 Å². The van der Waals surface area contributed by atoms with Gasteiger partial charge in [0.05, 0.1) is 23.0 Å². The minimum Gasteiger partial charge on any atom is -0.308 e. The molecule has 0 saturated carbocycles. The number of pyridine rings is 1. The van der Waals surface area contributed by atoms with Gasteiger partial charge in [0.15, 0.2) is 0 Å². The minimum atomic E-state index is 0.196. The molecule has 20 heavy (non-hydrogen) atoms. The van der Waals surface area contributed by atoms with Crippen LogP contribution in [-0.2, 0) is 13.0 Å². The predicted molar refractivity (Wildman–Crippen MR) is 81.9 cm³/mol. The van der Waals surface area contributed by atoms with Crippen LogP contribution in [-0.4, -0.2) is 21.3 Å². The van der Waals surface area contributed by atoms with E-state index in [4.69, 9.17) is 11.6 Å². The Hall–Kier alpha value is -1.39. The second-order valence-corrected chi connectivity index (χ2v) is 5.25. The molecule has 0 aliphatic carbocycles. The van der Waals surface area contributed by atoms with E-state index >= 15 is 0 Å². The highest BCUT2D eigenvalue weighted by molar-refractivity contribution is 6.30. The van der Waals surface area contributed by atoms with Crippen molar-refractivity contribution in [3.8, 4) is 0 Å². The van der Waals surface area contributed by atoms with Crippen LogP contribution in [0, 0.1) is 0 Å². The Bertz CT molecular complexity index is 521. The van der Waals surface area contributed by atoms with Gasteiger partial charge in [0.1, 0.15) is 0 Å². The fraction of sp³-hybridized carbons (Fsp3) is 0.467. The van der Waals surface area contributed by atoms with Crippen molar-refractivity contribution in [1.82, 2.24) is 20.1 Å². The van der Waals surface area contributed by atoms with Crippen LogP contribution >= 0.6 is 11.6 Å². The van der Waals surface area contributed by atoms with Gasteiger partial charge in [-0.2, -0.15) is 5.10 Å². The Labute approximate surface area is 125 Å². The lowest BCUT2D eigenvalue weighted by Gasteiger charge is -2.17. The molecule has 2 rings (SSSR count). The smallest absolute Gasteiger partial charge is 0.0589 e. The summed E-state index contributed by atoms with van der Waals surface area (Å²) < 4.78 is 1.95. The molecule has 0 spiro atoms. The Morgan fingerprint density at radius 3 is 2.75 bits per heavy atom. The van der Waals surface area contributed by atoms with Crippen molar-refractivity contribution in [1.29, 1.82) is 0 Å². The van der Waals surface area contributed by atoms with Crippen LogP contribution in [0.4, 0.5) is 0 Å². The van der Waals surface area contributed by atoms with E-state index in [1.54, 1.807) is 6.20 Å². The molecule has 4 nitrogen and oxygen atoms in total. The van der Waals surface area contributed by atoms with Crippen molar-refractivity contribution in [3.63, 3.8) is 0 Å². The summed E-state index contributed by atoms with van der Waals surface area (Å²) >= 11 is 5.91. The third kappa shape index (κ3) is 4.05. The first kappa shape index (κ1) is 15.0. The molecule has 0 aliphatic heterocycles. The van der Waals surface area contributed by atoms with Crippen molar-refractivity contribution < 1.29 is 0 Å². The fourth-order valence-electron chi connectivity index (χ4n) is 2.11. The lowest BCUT2D eigenvalue weighted by atomic mass is 10.1. The van der Waals surface area contributed by atoms with Crippen LogP contribution in [0.25, 0.3) is 0 Å². The van der Waals surface area contributed by atoms with Crippen LogP contribution in [0.1, 0.15) is 37.6 Å². The summed E-state index contributed by atoms with van der Waals surface area (Å²) in [6.07, 6.45) is 7.70. The summed E-state index contributed by atoms with van der Waals surface area (Å²) in [5, 5.41) is 8.53. The standard InChI is InChI=1S/C15H21ClN4/c1-3-7-17-15(14-6-5-13(16)10-18-14)8-12-9-19-20(4-2)11-12/h5-6,9-11,15,17H,3-4,7-8H2,1-2H3. The van der Waals surface area contributed by atoms with Crippen LogP contribution in [0.2, 0.25) is 5.02 Å². The number of aryl methyl sites for hydroxylation is 1. The highest BCUT2D eigenvalue weighted by atomic mass is 35.5. The van der Waals surface area contributed by atoms with Gasteiger partial charge in [-0.1, -0.05) is 18.5 Å². The quantitative estimate of drug-likeness (QED) is 0.852. The monoisotopic (exact) mass is 292 g/mol. The molecule has 2 heterocycles. The largest absolute Gasteiger partial charge is 0.308 e. The van der Waals surface area contributed by atoms with Gasteiger partial charge in [-0.05, 0) is 44.0 Å². The lowest BCUT2D eigenvalue weighted by molar-refractivity contribution is 0.517. The summed E-state index contributed by atoms with van der Waals surface area (Å²) in [5.74, 6) is 0. The Kier molecular flexibility index (Phi) is 5.56. The highest BCUT2D eigenvalue weighted by Gasteiger charge is 2.14. The van der Waals surface area contributed by atoms with Crippen molar-refractivity contribution in [2.45, 2.75) is 39.3 Å². The summed E-state index contributed by atoms with van der Waals surface area (Å²) in [5.41, 5.74) is 2.24. The second kappa shape index (κ2) is 7.41. The van der Waals surface area contributed by atoms with Gasteiger partial charge in [-0.25, -0.2) is 0 Å². The van der Waals surface area contributed by atoms with Gasteiger partial charge in [0.2, 0.25) is 0 Å². The van der Waals surface area contributed by atoms with Crippen LogP contribution in [0.5, 0.6) is 0 Å². The first-order valence-corrected chi connectivity index (χ1v) is 7.47. The molecule has 0 bridgehead atoms. The van der Waals surface area contributed by atoms with Crippen molar-refractivity contribution in [2.24, 2.45) is 0 Å². The molecule has 108 valence electrons. The predicted octanol–water partition coefficient (Wildman–Crippen LogP) is 3.23. The van der Waals surface area contributed by atoms with E-state index in [-0.39, 0.29) is 6.04 Å². The Morgan fingerprint density at radius 1 is 1.30 bits per heavy atom. The molecular formula is C15H21ClN4. The van der Waals surface area contributed by atoms with Crippen molar-refractivity contribution in [3.05, 3.63) is 47.0 Å². The summed E-state index contributed by atoms with van der Waals surface area (Å²) in [6, 6.07) is 4.07. The van der Waals surface area contributed by atoms with E-state index in [0.29, 0.717) is 5.02 Å². The molecule has 0 amide bonds. The zero-order valence-electron chi connectivity index (χ0n) is 12.0. The molecule has 5 heteroatoms. The zero-order valence-corrected chi connectivity index (χ0v) is 12.8. The number of rotatable bonds is 7. The molecule has 0 aliphatic rings. The van der Waals surface area contributed by atoms with Gasteiger partial charge < -0.3 is 5.32 Å². The van der Waals surface area contributed by atoms with Gasteiger partial charge in [-0.3, -0.25) is 9.67 Å². The molecule has 0 aromatic carbocycles. The van der Waals surface area contributed by atoms with E-state index in [1.165, 1.54) is 5.56 Å².